The van der Waals surface area contributed by atoms with Crippen molar-refractivity contribution in [1.82, 2.24) is 4.72 Å². The quantitative estimate of drug-likeness (QED) is 0.725. The zero-order valence-corrected chi connectivity index (χ0v) is 13.5. The average molecular weight is 298 g/mol. The highest BCUT2D eigenvalue weighted by Crippen LogP contribution is 2.21. The van der Waals surface area contributed by atoms with Crippen LogP contribution in [0.5, 0.6) is 0 Å². The van der Waals surface area contributed by atoms with Gasteiger partial charge in [-0.1, -0.05) is 32.3 Å². The molecule has 1 rings (SSSR count). The van der Waals surface area contributed by atoms with Crippen molar-refractivity contribution in [2.24, 2.45) is 5.73 Å². The monoisotopic (exact) mass is 298 g/mol. The zero-order chi connectivity index (χ0) is 15.2. The first kappa shape index (κ1) is 17.1. The van der Waals surface area contributed by atoms with Gasteiger partial charge in [0.05, 0.1) is 4.90 Å². The summed E-state index contributed by atoms with van der Waals surface area (Å²) in [6.45, 7) is 6.72. The van der Waals surface area contributed by atoms with Gasteiger partial charge in [-0.05, 0) is 43.0 Å². The number of unbranched alkanes of at least 4 members (excludes halogenated alkanes) is 3. The minimum atomic E-state index is -3.44. The summed E-state index contributed by atoms with van der Waals surface area (Å²) in [5.41, 5.74) is 8.22. The molecule has 0 spiro atoms. The lowest BCUT2D eigenvalue weighted by atomic mass is 10.1. The summed E-state index contributed by atoms with van der Waals surface area (Å²) in [4.78, 5) is 0.355. The summed E-state index contributed by atoms with van der Waals surface area (Å²) in [6, 6.07) is 3.62. The van der Waals surface area contributed by atoms with E-state index >= 15 is 0 Å². The van der Waals surface area contributed by atoms with Crippen LogP contribution in [0, 0.1) is 13.8 Å². The third-order valence-corrected chi connectivity index (χ3v) is 5.11. The fourth-order valence-electron chi connectivity index (χ4n) is 2.13. The van der Waals surface area contributed by atoms with Crippen LogP contribution in [0.15, 0.2) is 17.0 Å². The Kier molecular flexibility index (Phi) is 6.65. The highest BCUT2D eigenvalue weighted by Gasteiger charge is 2.18. The van der Waals surface area contributed by atoms with Crippen molar-refractivity contribution in [2.75, 3.05) is 6.54 Å². The summed E-state index contributed by atoms with van der Waals surface area (Å²) in [5, 5.41) is 0. The molecule has 0 bridgehead atoms. The van der Waals surface area contributed by atoms with Crippen LogP contribution in [-0.2, 0) is 16.6 Å². The predicted molar refractivity (Wildman–Crippen MR) is 83.1 cm³/mol. The molecule has 0 fully saturated rings. The van der Waals surface area contributed by atoms with Crippen LogP contribution < -0.4 is 10.5 Å². The van der Waals surface area contributed by atoms with Crippen molar-refractivity contribution in [3.63, 3.8) is 0 Å². The number of hydrogen-bond donors (Lipinski definition) is 2. The summed E-state index contributed by atoms with van der Waals surface area (Å²) in [5.74, 6) is 0. The first-order valence-electron chi connectivity index (χ1n) is 7.22. The van der Waals surface area contributed by atoms with Crippen molar-refractivity contribution in [3.8, 4) is 0 Å². The molecule has 0 aromatic heterocycles. The van der Waals surface area contributed by atoms with Gasteiger partial charge in [0.25, 0.3) is 0 Å². The van der Waals surface area contributed by atoms with E-state index in [1.165, 1.54) is 0 Å². The van der Waals surface area contributed by atoms with Crippen LogP contribution in [0.25, 0.3) is 0 Å². The number of nitrogens with one attached hydrogen (secondary N) is 1. The summed E-state index contributed by atoms with van der Waals surface area (Å²) >= 11 is 0. The van der Waals surface area contributed by atoms with E-state index in [-0.39, 0.29) is 0 Å². The van der Waals surface area contributed by atoms with Gasteiger partial charge < -0.3 is 5.73 Å². The van der Waals surface area contributed by atoms with Crippen LogP contribution in [0.1, 0.15) is 49.3 Å². The van der Waals surface area contributed by atoms with Gasteiger partial charge in [-0.2, -0.15) is 0 Å². The minimum absolute atomic E-state index is 0.347. The molecule has 114 valence electrons. The van der Waals surface area contributed by atoms with Crippen LogP contribution in [0.2, 0.25) is 0 Å². The highest BCUT2D eigenvalue weighted by atomic mass is 32.2. The SMILES string of the molecule is CCCCCCNS(=O)(=O)c1cc(CN)cc(C)c1C. The second-order valence-corrected chi connectivity index (χ2v) is 6.93. The number of nitrogens with two attached hydrogens (primary N) is 1. The molecule has 0 atom stereocenters. The zero-order valence-electron chi connectivity index (χ0n) is 12.7. The third-order valence-electron chi connectivity index (χ3n) is 3.53. The number of aryl methyl sites for hydroxylation is 1. The smallest absolute Gasteiger partial charge is 0.240 e. The maximum atomic E-state index is 12.4. The second-order valence-electron chi connectivity index (χ2n) is 5.20. The maximum Gasteiger partial charge on any atom is 0.240 e. The topological polar surface area (TPSA) is 72.2 Å². The number of sulfonamides is 1. The van der Waals surface area contributed by atoms with Crippen molar-refractivity contribution < 1.29 is 8.42 Å². The standard InChI is InChI=1S/C15H26N2O2S/c1-4-5-6-7-8-17-20(18,19)15-10-14(11-16)9-12(2)13(15)3/h9-10,17H,4-8,11,16H2,1-3H3. The van der Waals surface area contributed by atoms with Crippen molar-refractivity contribution >= 4 is 10.0 Å². The predicted octanol–water partition coefficient (Wildman–Crippen LogP) is 2.62. The molecule has 0 saturated heterocycles. The second kappa shape index (κ2) is 7.76. The molecule has 0 aliphatic carbocycles. The lowest BCUT2D eigenvalue weighted by molar-refractivity contribution is 0.573. The molecule has 0 heterocycles. The Balaban J connectivity index is 2.84. The van der Waals surface area contributed by atoms with E-state index < -0.39 is 10.0 Å². The van der Waals surface area contributed by atoms with Gasteiger partial charge in [0, 0.05) is 13.1 Å². The molecule has 0 radical (unpaired) electrons. The molecule has 0 aliphatic rings. The van der Waals surface area contributed by atoms with Crippen molar-refractivity contribution in [2.45, 2.75) is 57.9 Å². The van der Waals surface area contributed by atoms with Gasteiger partial charge in [-0.25, -0.2) is 13.1 Å². The van der Waals surface area contributed by atoms with E-state index in [2.05, 4.69) is 11.6 Å². The molecule has 1 aromatic carbocycles. The molecule has 4 nitrogen and oxygen atoms in total. The van der Waals surface area contributed by atoms with Gasteiger partial charge in [-0.3, -0.25) is 0 Å². The number of hydrogen-bond acceptors (Lipinski definition) is 3. The Bertz CT molecular complexity index is 539. The summed E-state index contributed by atoms with van der Waals surface area (Å²) in [7, 11) is -3.44. The Morgan fingerprint density at radius 3 is 2.45 bits per heavy atom. The van der Waals surface area contributed by atoms with E-state index in [1.54, 1.807) is 6.07 Å². The largest absolute Gasteiger partial charge is 0.326 e. The van der Waals surface area contributed by atoms with Gasteiger partial charge in [0.15, 0.2) is 0 Å². The van der Waals surface area contributed by atoms with E-state index in [1.807, 2.05) is 19.9 Å². The molecule has 1 aromatic rings. The van der Waals surface area contributed by atoms with E-state index in [9.17, 15) is 8.42 Å². The molecule has 0 amide bonds. The Labute approximate surface area is 122 Å². The molecular weight excluding hydrogens is 272 g/mol. The van der Waals surface area contributed by atoms with Gasteiger partial charge in [0.1, 0.15) is 0 Å². The molecule has 0 saturated carbocycles. The molecule has 3 N–H and O–H groups in total. The average Bonchev–Trinajstić information content (AvgIpc) is 2.41. The summed E-state index contributed by atoms with van der Waals surface area (Å²) in [6.07, 6.45) is 4.22. The third kappa shape index (κ3) is 4.58. The fourth-order valence-corrected chi connectivity index (χ4v) is 3.57. The van der Waals surface area contributed by atoms with E-state index in [0.717, 1.165) is 42.4 Å². The Morgan fingerprint density at radius 2 is 1.85 bits per heavy atom. The molecule has 0 unspecified atom stereocenters. The molecule has 5 heteroatoms. The van der Waals surface area contributed by atoms with E-state index in [4.69, 9.17) is 5.73 Å². The molecular formula is C15H26N2O2S. The maximum absolute atomic E-state index is 12.4. The molecule has 20 heavy (non-hydrogen) atoms. The van der Waals surface area contributed by atoms with Crippen LogP contribution in [0.4, 0.5) is 0 Å². The van der Waals surface area contributed by atoms with Crippen molar-refractivity contribution in [3.05, 3.63) is 28.8 Å². The first-order chi connectivity index (χ1) is 9.42. The highest BCUT2D eigenvalue weighted by molar-refractivity contribution is 7.89. The van der Waals surface area contributed by atoms with Crippen LogP contribution in [0.3, 0.4) is 0 Å². The van der Waals surface area contributed by atoms with Gasteiger partial charge >= 0.3 is 0 Å². The number of benzene rings is 1. The fraction of sp³-hybridized carbons (Fsp3) is 0.600. The minimum Gasteiger partial charge on any atom is -0.326 e. The molecule has 0 aliphatic heterocycles. The van der Waals surface area contributed by atoms with Crippen LogP contribution in [-0.4, -0.2) is 15.0 Å². The summed E-state index contributed by atoms with van der Waals surface area (Å²) < 4.78 is 27.4. The Morgan fingerprint density at radius 1 is 1.15 bits per heavy atom. The van der Waals surface area contributed by atoms with Gasteiger partial charge in [0.2, 0.25) is 10.0 Å². The van der Waals surface area contributed by atoms with Crippen molar-refractivity contribution in [1.29, 1.82) is 0 Å². The van der Waals surface area contributed by atoms with E-state index in [0.29, 0.717) is 18.0 Å². The van der Waals surface area contributed by atoms with Crippen LogP contribution >= 0.6 is 0 Å². The lowest BCUT2D eigenvalue weighted by Gasteiger charge is -2.13. The first-order valence-corrected chi connectivity index (χ1v) is 8.70. The Hall–Kier alpha value is -0.910. The normalized spacial score (nSPS) is 11.8. The number of rotatable bonds is 8. The van der Waals surface area contributed by atoms with Gasteiger partial charge in [-0.15, -0.1) is 0 Å². The lowest BCUT2D eigenvalue weighted by Crippen LogP contribution is -2.26.